The van der Waals surface area contributed by atoms with Gasteiger partial charge < -0.3 is 5.73 Å². The van der Waals surface area contributed by atoms with Crippen LogP contribution in [-0.2, 0) is 10.0 Å². The average molecular weight is 269 g/mol. The Kier molecular flexibility index (Phi) is 4.34. The van der Waals surface area contributed by atoms with Crippen LogP contribution in [0, 0.1) is 5.41 Å². The summed E-state index contributed by atoms with van der Waals surface area (Å²) in [5, 5.41) is 0. The maximum absolute atomic E-state index is 11.9. The molecule has 0 fully saturated rings. The van der Waals surface area contributed by atoms with Crippen molar-refractivity contribution in [1.29, 1.82) is 0 Å². The van der Waals surface area contributed by atoms with Crippen molar-refractivity contribution in [1.82, 2.24) is 4.72 Å². The lowest BCUT2D eigenvalue weighted by Gasteiger charge is -2.15. The highest BCUT2D eigenvalue weighted by molar-refractivity contribution is 7.90. The van der Waals surface area contributed by atoms with Gasteiger partial charge in [-0.05, 0) is 17.5 Å². The number of hydrogen-bond acceptors (Lipinski definition) is 3. The molecule has 0 atom stereocenters. The summed E-state index contributed by atoms with van der Waals surface area (Å²) in [5.41, 5.74) is 5.53. The molecule has 0 aliphatic heterocycles. The molecule has 0 heterocycles. The molecule has 3 N–H and O–H groups in total. The molecular formula is C12H19N3O2S. The standard InChI is InChI=1S/C12H19N3O2S/c1-12(2,3)9-14-11(13)15-18(16,17)10-7-5-4-6-8-10/h4-8H,9H2,1-3H3,(H3,13,14,15). The van der Waals surface area contributed by atoms with Crippen LogP contribution in [0.15, 0.2) is 40.2 Å². The number of nitrogens with zero attached hydrogens (tertiary/aromatic N) is 1. The minimum absolute atomic E-state index is 0.0389. The third kappa shape index (κ3) is 4.75. The fourth-order valence-corrected chi connectivity index (χ4v) is 2.12. The zero-order chi connectivity index (χ0) is 13.8. The van der Waals surface area contributed by atoms with Gasteiger partial charge >= 0.3 is 0 Å². The van der Waals surface area contributed by atoms with Gasteiger partial charge in [0, 0.05) is 6.54 Å². The first-order valence-corrected chi connectivity index (χ1v) is 7.07. The summed E-state index contributed by atoms with van der Waals surface area (Å²) in [6, 6.07) is 8.04. The Morgan fingerprint density at radius 2 is 1.83 bits per heavy atom. The van der Waals surface area contributed by atoms with Crippen LogP contribution in [0.2, 0.25) is 0 Å². The molecule has 0 bridgehead atoms. The van der Waals surface area contributed by atoms with Crippen LogP contribution in [0.3, 0.4) is 0 Å². The molecule has 5 nitrogen and oxygen atoms in total. The van der Waals surface area contributed by atoms with Crippen molar-refractivity contribution in [2.24, 2.45) is 16.1 Å². The van der Waals surface area contributed by atoms with E-state index in [-0.39, 0.29) is 16.3 Å². The Morgan fingerprint density at radius 1 is 1.28 bits per heavy atom. The minimum Gasteiger partial charge on any atom is -0.369 e. The van der Waals surface area contributed by atoms with Gasteiger partial charge in [0.15, 0.2) is 0 Å². The summed E-state index contributed by atoms with van der Waals surface area (Å²) in [7, 11) is -3.63. The van der Waals surface area contributed by atoms with Gasteiger partial charge in [-0.25, -0.2) is 13.1 Å². The number of sulfonamides is 1. The van der Waals surface area contributed by atoms with Crippen LogP contribution in [0.5, 0.6) is 0 Å². The van der Waals surface area contributed by atoms with Crippen molar-refractivity contribution in [2.75, 3.05) is 6.54 Å². The number of benzene rings is 1. The molecule has 0 unspecified atom stereocenters. The van der Waals surface area contributed by atoms with Gasteiger partial charge in [-0.1, -0.05) is 39.0 Å². The van der Waals surface area contributed by atoms with Crippen molar-refractivity contribution in [3.05, 3.63) is 30.3 Å². The van der Waals surface area contributed by atoms with E-state index < -0.39 is 10.0 Å². The summed E-state index contributed by atoms with van der Waals surface area (Å²) in [6.45, 7) is 6.44. The van der Waals surface area contributed by atoms with E-state index in [9.17, 15) is 8.42 Å². The number of nitrogens with one attached hydrogen (secondary N) is 1. The van der Waals surface area contributed by atoms with Crippen molar-refractivity contribution in [3.8, 4) is 0 Å². The Bertz CT molecular complexity index is 516. The highest BCUT2D eigenvalue weighted by atomic mass is 32.2. The molecular weight excluding hydrogens is 250 g/mol. The van der Waals surface area contributed by atoms with E-state index in [1.165, 1.54) is 12.1 Å². The second-order valence-electron chi connectivity index (χ2n) is 5.18. The lowest BCUT2D eigenvalue weighted by molar-refractivity contribution is 0.429. The summed E-state index contributed by atoms with van der Waals surface area (Å²) < 4.78 is 26.0. The fraction of sp³-hybridized carbons (Fsp3) is 0.417. The maximum Gasteiger partial charge on any atom is 0.264 e. The summed E-state index contributed by atoms with van der Waals surface area (Å²) >= 11 is 0. The van der Waals surface area contributed by atoms with Gasteiger partial charge in [0.1, 0.15) is 0 Å². The lowest BCUT2D eigenvalue weighted by atomic mass is 9.97. The van der Waals surface area contributed by atoms with Crippen molar-refractivity contribution >= 4 is 16.0 Å². The zero-order valence-electron chi connectivity index (χ0n) is 10.8. The molecule has 0 radical (unpaired) electrons. The molecule has 6 heteroatoms. The predicted octanol–water partition coefficient (Wildman–Crippen LogP) is 1.33. The Hall–Kier alpha value is -1.56. The van der Waals surface area contributed by atoms with E-state index in [1.807, 2.05) is 20.8 Å². The summed E-state index contributed by atoms with van der Waals surface area (Å²) in [4.78, 5) is 4.18. The number of hydrogen-bond donors (Lipinski definition) is 2. The average Bonchev–Trinajstić information content (AvgIpc) is 2.26. The third-order valence-corrected chi connectivity index (χ3v) is 3.39. The predicted molar refractivity (Wildman–Crippen MR) is 72.7 cm³/mol. The molecule has 100 valence electrons. The number of guanidine groups is 1. The van der Waals surface area contributed by atoms with E-state index in [0.29, 0.717) is 6.54 Å². The van der Waals surface area contributed by atoms with Gasteiger partial charge in [0.05, 0.1) is 4.90 Å². The molecule has 0 aromatic heterocycles. The van der Waals surface area contributed by atoms with Crippen molar-refractivity contribution in [3.63, 3.8) is 0 Å². The van der Waals surface area contributed by atoms with Crippen LogP contribution in [0.4, 0.5) is 0 Å². The van der Waals surface area contributed by atoms with Crippen LogP contribution in [0.25, 0.3) is 0 Å². The van der Waals surface area contributed by atoms with E-state index in [2.05, 4.69) is 9.71 Å². The fourth-order valence-electron chi connectivity index (χ4n) is 1.15. The minimum atomic E-state index is -3.63. The number of rotatable bonds is 3. The molecule has 0 saturated heterocycles. The van der Waals surface area contributed by atoms with Crippen LogP contribution < -0.4 is 10.5 Å². The number of nitrogens with two attached hydrogens (primary N) is 1. The van der Waals surface area contributed by atoms with Gasteiger partial charge in [0.2, 0.25) is 5.96 Å². The van der Waals surface area contributed by atoms with Crippen LogP contribution in [-0.4, -0.2) is 20.9 Å². The first kappa shape index (κ1) is 14.5. The first-order chi connectivity index (χ1) is 8.21. The Labute approximate surface area is 108 Å². The normalized spacial score (nSPS) is 13.4. The van der Waals surface area contributed by atoms with E-state index in [4.69, 9.17) is 5.73 Å². The van der Waals surface area contributed by atoms with E-state index >= 15 is 0 Å². The molecule has 0 spiro atoms. The monoisotopic (exact) mass is 269 g/mol. The highest BCUT2D eigenvalue weighted by Gasteiger charge is 2.15. The largest absolute Gasteiger partial charge is 0.369 e. The van der Waals surface area contributed by atoms with Crippen LogP contribution in [0.1, 0.15) is 20.8 Å². The topological polar surface area (TPSA) is 84.5 Å². The van der Waals surface area contributed by atoms with Gasteiger partial charge in [-0.2, -0.15) is 0 Å². The highest BCUT2D eigenvalue weighted by Crippen LogP contribution is 2.12. The molecule has 1 aromatic carbocycles. The lowest BCUT2D eigenvalue weighted by Crippen LogP contribution is -2.37. The first-order valence-electron chi connectivity index (χ1n) is 5.58. The molecule has 0 aliphatic rings. The van der Waals surface area contributed by atoms with E-state index in [0.717, 1.165) is 0 Å². The van der Waals surface area contributed by atoms with Crippen molar-refractivity contribution < 1.29 is 8.42 Å². The molecule has 1 rings (SSSR count). The second kappa shape index (κ2) is 5.39. The molecule has 0 amide bonds. The summed E-state index contributed by atoms with van der Waals surface area (Å²) in [5.74, 6) is -0.0891. The van der Waals surface area contributed by atoms with Gasteiger partial charge in [-0.15, -0.1) is 0 Å². The van der Waals surface area contributed by atoms with Crippen molar-refractivity contribution in [2.45, 2.75) is 25.7 Å². The quantitative estimate of drug-likeness (QED) is 0.641. The molecule has 0 aliphatic carbocycles. The SMILES string of the molecule is CC(C)(C)CN=C(N)NS(=O)(=O)c1ccccc1. The summed E-state index contributed by atoms with van der Waals surface area (Å²) in [6.07, 6.45) is 0. The Morgan fingerprint density at radius 3 is 2.33 bits per heavy atom. The molecule has 18 heavy (non-hydrogen) atoms. The third-order valence-electron chi connectivity index (χ3n) is 2.02. The molecule has 1 aromatic rings. The Balaban J connectivity index is 2.79. The van der Waals surface area contributed by atoms with Gasteiger partial charge in [-0.3, -0.25) is 4.99 Å². The maximum atomic E-state index is 11.9. The van der Waals surface area contributed by atoms with E-state index in [1.54, 1.807) is 18.2 Å². The van der Waals surface area contributed by atoms with Gasteiger partial charge in [0.25, 0.3) is 10.0 Å². The molecule has 0 saturated carbocycles. The number of aliphatic imine (C=N–C) groups is 1. The zero-order valence-corrected chi connectivity index (χ0v) is 11.7. The second-order valence-corrected chi connectivity index (χ2v) is 6.86. The smallest absolute Gasteiger partial charge is 0.264 e. The van der Waals surface area contributed by atoms with Crippen LogP contribution >= 0.6 is 0 Å².